The van der Waals surface area contributed by atoms with E-state index in [1.54, 1.807) is 0 Å². The lowest BCUT2D eigenvalue weighted by atomic mass is 10.0. The van der Waals surface area contributed by atoms with Crippen LogP contribution in [-0.4, -0.2) is 37.2 Å². The van der Waals surface area contributed by atoms with Gasteiger partial charge in [0.1, 0.15) is 13.2 Å². The smallest absolute Gasteiger partial charge is 0.306 e. The lowest BCUT2D eigenvalue weighted by Crippen LogP contribution is -2.30. The average Bonchev–Trinajstić information content (AvgIpc) is 3.35. The Morgan fingerprint density at radius 3 is 0.913 bits per heavy atom. The molecule has 1 atom stereocenters. The minimum atomic E-state index is -0.813. The zero-order valence-corrected chi connectivity index (χ0v) is 45.6. The highest BCUT2D eigenvalue weighted by Gasteiger charge is 2.19. The molecule has 0 bridgehead atoms. The van der Waals surface area contributed by atoms with Crippen molar-refractivity contribution in [2.45, 2.75) is 297 Å². The van der Waals surface area contributed by atoms with E-state index in [-0.39, 0.29) is 37.5 Å². The molecule has 0 aliphatic carbocycles. The predicted octanol–water partition coefficient (Wildman–Crippen LogP) is 19.8. The molecule has 0 aromatic heterocycles. The topological polar surface area (TPSA) is 78.9 Å². The van der Waals surface area contributed by atoms with Gasteiger partial charge >= 0.3 is 17.9 Å². The Kier molecular flexibility index (Phi) is 54.8. The minimum absolute atomic E-state index is 0.103. The van der Waals surface area contributed by atoms with E-state index in [0.29, 0.717) is 19.3 Å². The molecule has 0 aliphatic heterocycles. The molecule has 398 valence electrons. The molecule has 0 rings (SSSR count). The van der Waals surface area contributed by atoms with Crippen molar-refractivity contribution in [3.05, 3.63) is 72.9 Å². The molecule has 0 spiro atoms. The van der Waals surface area contributed by atoms with E-state index in [9.17, 15) is 14.4 Å². The molecule has 0 aromatic carbocycles. The third kappa shape index (κ3) is 55.6. The van der Waals surface area contributed by atoms with E-state index < -0.39 is 6.10 Å². The van der Waals surface area contributed by atoms with E-state index in [2.05, 4.69) is 87.6 Å². The van der Waals surface area contributed by atoms with Gasteiger partial charge in [0.25, 0.3) is 0 Å². The molecule has 6 nitrogen and oxygen atoms in total. The summed E-state index contributed by atoms with van der Waals surface area (Å²) in [6, 6.07) is 0. The first kappa shape index (κ1) is 65.8. The summed E-state index contributed by atoms with van der Waals surface area (Å²) in [7, 11) is 0. The summed E-state index contributed by atoms with van der Waals surface area (Å²) in [5.74, 6) is -0.978. The van der Waals surface area contributed by atoms with Gasteiger partial charge < -0.3 is 14.2 Å². The molecule has 0 amide bonds. The third-order valence-electron chi connectivity index (χ3n) is 12.7. The second-order valence-electron chi connectivity index (χ2n) is 19.6. The Labute approximate surface area is 427 Å². The van der Waals surface area contributed by atoms with Crippen LogP contribution in [0, 0.1) is 0 Å². The highest BCUT2D eigenvalue weighted by atomic mass is 16.6. The molecule has 0 saturated heterocycles. The highest BCUT2D eigenvalue weighted by Crippen LogP contribution is 2.15. The number of hydrogen-bond donors (Lipinski definition) is 0. The number of allylic oxidation sites excluding steroid dienone is 12. The van der Waals surface area contributed by atoms with E-state index in [1.807, 2.05) is 6.08 Å². The fraction of sp³-hybridized carbons (Fsp3) is 0.762. The molecular formula is C63H110O6. The number of carbonyl (C=O) groups excluding carboxylic acids is 3. The Hall–Kier alpha value is -3.15. The van der Waals surface area contributed by atoms with E-state index in [4.69, 9.17) is 14.2 Å². The predicted molar refractivity (Wildman–Crippen MR) is 298 cm³/mol. The molecular weight excluding hydrogens is 853 g/mol. The molecule has 0 heterocycles. The Bertz CT molecular complexity index is 1290. The van der Waals surface area contributed by atoms with Crippen LogP contribution in [0.4, 0.5) is 0 Å². The fourth-order valence-corrected chi connectivity index (χ4v) is 8.24. The summed E-state index contributed by atoms with van der Waals surface area (Å²) < 4.78 is 16.8. The maximum Gasteiger partial charge on any atom is 0.306 e. The first-order valence-corrected chi connectivity index (χ1v) is 29.4. The number of esters is 3. The van der Waals surface area contributed by atoms with Crippen LogP contribution in [-0.2, 0) is 28.6 Å². The van der Waals surface area contributed by atoms with Gasteiger partial charge in [-0.2, -0.15) is 0 Å². The molecule has 0 radical (unpaired) electrons. The number of unbranched alkanes of at least 4 members (excludes halogenated alkanes) is 30. The number of ether oxygens (including phenoxy) is 3. The van der Waals surface area contributed by atoms with Crippen LogP contribution < -0.4 is 0 Å². The van der Waals surface area contributed by atoms with Crippen LogP contribution in [0.3, 0.4) is 0 Å². The van der Waals surface area contributed by atoms with Gasteiger partial charge in [-0.15, -0.1) is 0 Å². The molecule has 69 heavy (non-hydrogen) atoms. The summed E-state index contributed by atoms with van der Waals surface area (Å²) >= 11 is 0. The minimum Gasteiger partial charge on any atom is -0.462 e. The molecule has 0 unspecified atom stereocenters. The summed E-state index contributed by atoms with van der Waals surface area (Å²) in [5.41, 5.74) is 0. The van der Waals surface area contributed by atoms with Crippen molar-refractivity contribution in [1.82, 2.24) is 0 Å². The monoisotopic (exact) mass is 963 g/mol. The fourth-order valence-electron chi connectivity index (χ4n) is 8.24. The van der Waals surface area contributed by atoms with Crippen LogP contribution in [0.5, 0.6) is 0 Å². The largest absolute Gasteiger partial charge is 0.462 e. The maximum absolute atomic E-state index is 12.8. The van der Waals surface area contributed by atoms with Crippen molar-refractivity contribution in [1.29, 1.82) is 0 Å². The SMILES string of the molecule is CCCCC/C=C\C/C=C\C/C=C\C/C=C\C/C=C\CCC(=O)O[C@@H](COC(=O)CCCCCCCCCCCCC)COC(=O)CCCCCCCCCCCCC/C=C\CCCCCCCC. The first-order valence-electron chi connectivity index (χ1n) is 29.4. The Balaban J connectivity index is 4.40. The van der Waals surface area contributed by atoms with Crippen molar-refractivity contribution in [3.8, 4) is 0 Å². The van der Waals surface area contributed by atoms with Crippen LogP contribution in [0.25, 0.3) is 0 Å². The third-order valence-corrected chi connectivity index (χ3v) is 12.7. The molecule has 0 saturated carbocycles. The van der Waals surface area contributed by atoms with Crippen LogP contribution in [0.15, 0.2) is 72.9 Å². The van der Waals surface area contributed by atoms with Gasteiger partial charge in [0, 0.05) is 19.3 Å². The maximum atomic E-state index is 12.8. The van der Waals surface area contributed by atoms with E-state index in [1.165, 1.54) is 180 Å². The van der Waals surface area contributed by atoms with Crippen LogP contribution in [0.2, 0.25) is 0 Å². The lowest BCUT2D eigenvalue weighted by molar-refractivity contribution is -0.166. The summed E-state index contributed by atoms with van der Waals surface area (Å²) in [5, 5.41) is 0. The van der Waals surface area contributed by atoms with Crippen molar-refractivity contribution in [2.75, 3.05) is 13.2 Å². The average molecular weight is 964 g/mol. The molecule has 0 fully saturated rings. The number of carbonyl (C=O) groups is 3. The van der Waals surface area contributed by atoms with Crippen molar-refractivity contribution < 1.29 is 28.6 Å². The Morgan fingerprint density at radius 1 is 0.290 bits per heavy atom. The van der Waals surface area contributed by atoms with Gasteiger partial charge in [-0.1, -0.05) is 261 Å². The Morgan fingerprint density at radius 2 is 0.551 bits per heavy atom. The molecule has 0 aromatic rings. The van der Waals surface area contributed by atoms with Crippen molar-refractivity contribution >= 4 is 17.9 Å². The lowest BCUT2D eigenvalue weighted by Gasteiger charge is -2.18. The van der Waals surface area contributed by atoms with Gasteiger partial charge in [0.2, 0.25) is 0 Å². The second-order valence-corrected chi connectivity index (χ2v) is 19.6. The quantitative estimate of drug-likeness (QED) is 0.0262. The zero-order valence-electron chi connectivity index (χ0n) is 45.6. The number of hydrogen-bond acceptors (Lipinski definition) is 6. The first-order chi connectivity index (χ1) is 34.0. The number of rotatable bonds is 53. The van der Waals surface area contributed by atoms with Gasteiger partial charge in [-0.3, -0.25) is 14.4 Å². The normalized spacial score (nSPS) is 12.6. The van der Waals surface area contributed by atoms with Gasteiger partial charge in [-0.05, 0) is 83.5 Å². The summed E-state index contributed by atoms with van der Waals surface area (Å²) in [4.78, 5) is 38.1. The summed E-state index contributed by atoms with van der Waals surface area (Å²) in [6.07, 6.45) is 73.4. The van der Waals surface area contributed by atoms with E-state index >= 15 is 0 Å². The van der Waals surface area contributed by atoms with Gasteiger partial charge in [-0.25, -0.2) is 0 Å². The molecule has 0 N–H and O–H groups in total. The van der Waals surface area contributed by atoms with Gasteiger partial charge in [0.05, 0.1) is 0 Å². The molecule has 6 heteroatoms. The second kappa shape index (κ2) is 57.4. The van der Waals surface area contributed by atoms with Crippen molar-refractivity contribution in [2.24, 2.45) is 0 Å². The van der Waals surface area contributed by atoms with Gasteiger partial charge in [0.15, 0.2) is 6.10 Å². The van der Waals surface area contributed by atoms with E-state index in [0.717, 1.165) is 64.2 Å². The van der Waals surface area contributed by atoms with Crippen molar-refractivity contribution in [3.63, 3.8) is 0 Å². The van der Waals surface area contributed by atoms with Crippen LogP contribution in [0.1, 0.15) is 290 Å². The summed E-state index contributed by atoms with van der Waals surface area (Å²) in [6.45, 7) is 6.56. The standard InChI is InChI=1S/C63H110O6/c1-4-7-10-13-16-19-22-24-26-28-30-31-33-34-36-38-41-44-47-50-53-56-62(65)68-59-60(58-67-61(64)55-52-49-46-43-40-21-18-15-12-9-6-3)69-63(66)57-54-51-48-45-42-39-37-35-32-29-27-25-23-20-17-14-11-8-5-2/h17,20,24-27,32,35,39,42,48,51,60H,4-16,18-19,21-23,28-31,33-34,36-38,40-41,43-47,49-50,52-59H2,1-3H3/b20-17-,26-24-,27-25-,35-32-,42-39-,51-48-/t60-/m0/s1. The highest BCUT2D eigenvalue weighted by molar-refractivity contribution is 5.71. The zero-order chi connectivity index (χ0) is 50.0. The van der Waals surface area contributed by atoms with Crippen LogP contribution >= 0.6 is 0 Å². The molecule has 0 aliphatic rings.